The minimum atomic E-state index is -0.259. The first-order valence-electron chi connectivity index (χ1n) is 9.87. The van der Waals surface area contributed by atoms with Crippen LogP contribution in [0.1, 0.15) is 30.1 Å². The largest absolute Gasteiger partial charge is 0.338 e. The predicted molar refractivity (Wildman–Crippen MR) is 114 cm³/mol. The second kappa shape index (κ2) is 8.25. The standard InChI is InChI=1S/C22H23ClN4O2/c1-2-27-19-8-4-3-7-18(19)24-22(27)25-20(28)16-6-5-13-26(14-16)21(29)15-9-11-17(23)12-10-15/h3-4,7-12,16H,2,5-6,13-14H2,1H3,(H,24,25,28)/t16-/m0/s1. The summed E-state index contributed by atoms with van der Waals surface area (Å²) >= 11 is 5.91. The van der Waals surface area contributed by atoms with Crippen LogP contribution in [0.25, 0.3) is 11.0 Å². The number of amides is 2. The van der Waals surface area contributed by atoms with E-state index in [9.17, 15) is 9.59 Å². The van der Waals surface area contributed by atoms with Crippen LogP contribution < -0.4 is 5.32 Å². The first-order valence-corrected chi connectivity index (χ1v) is 10.3. The third-order valence-electron chi connectivity index (χ3n) is 5.38. The van der Waals surface area contributed by atoms with Gasteiger partial charge in [-0.3, -0.25) is 14.9 Å². The summed E-state index contributed by atoms with van der Waals surface area (Å²) in [5.41, 5.74) is 2.43. The lowest BCUT2D eigenvalue weighted by Crippen LogP contribution is -2.44. The maximum atomic E-state index is 12.9. The lowest BCUT2D eigenvalue weighted by molar-refractivity contribution is -0.121. The number of hydrogen-bond acceptors (Lipinski definition) is 3. The van der Waals surface area contributed by atoms with Crippen molar-refractivity contribution in [2.24, 2.45) is 5.92 Å². The number of nitrogens with one attached hydrogen (secondary N) is 1. The van der Waals surface area contributed by atoms with E-state index in [0.717, 1.165) is 23.9 Å². The number of benzene rings is 2. The molecule has 0 spiro atoms. The molecule has 150 valence electrons. The second-order valence-electron chi connectivity index (χ2n) is 7.25. The molecule has 0 aliphatic carbocycles. The maximum absolute atomic E-state index is 12.9. The van der Waals surface area contributed by atoms with Crippen molar-refractivity contribution in [1.29, 1.82) is 0 Å². The highest BCUT2D eigenvalue weighted by Crippen LogP contribution is 2.23. The molecule has 0 bridgehead atoms. The number of imidazole rings is 1. The summed E-state index contributed by atoms with van der Waals surface area (Å²) in [7, 11) is 0. The van der Waals surface area contributed by atoms with Gasteiger partial charge in [0.15, 0.2) is 0 Å². The van der Waals surface area contributed by atoms with Crippen molar-refractivity contribution >= 4 is 40.4 Å². The number of carbonyl (C=O) groups is 2. The van der Waals surface area contributed by atoms with Crippen LogP contribution in [0, 0.1) is 5.92 Å². The number of rotatable bonds is 4. The second-order valence-corrected chi connectivity index (χ2v) is 7.69. The van der Waals surface area contributed by atoms with E-state index in [1.807, 2.05) is 35.8 Å². The van der Waals surface area contributed by atoms with Crippen LogP contribution in [0.4, 0.5) is 5.95 Å². The predicted octanol–water partition coefficient (Wildman–Crippen LogP) is 4.20. The minimum Gasteiger partial charge on any atom is -0.338 e. The molecule has 2 amide bonds. The van der Waals surface area contributed by atoms with Gasteiger partial charge in [-0.15, -0.1) is 0 Å². The molecule has 6 nitrogen and oxygen atoms in total. The van der Waals surface area contributed by atoms with E-state index in [0.29, 0.717) is 36.2 Å². The minimum absolute atomic E-state index is 0.0695. The molecule has 0 saturated carbocycles. The zero-order valence-electron chi connectivity index (χ0n) is 16.3. The van der Waals surface area contributed by atoms with Gasteiger partial charge < -0.3 is 9.47 Å². The molecule has 4 rings (SSSR count). The third kappa shape index (κ3) is 3.98. The number of hydrogen-bond donors (Lipinski definition) is 1. The molecule has 29 heavy (non-hydrogen) atoms. The van der Waals surface area contributed by atoms with E-state index < -0.39 is 0 Å². The smallest absolute Gasteiger partial charge is 0.253 e. The number of para-hydroxylation sites is 2. The molecule has 0 radical (unpaired) electrons. The molecular weight excluding hydrogens is 388 g/mol. The normalized spacial score (nSPS) is 16.8. The van der Waals surface area contributed by atoms with Crippen molar-refractivity contribution in [2.45, 2.75) is 26.3 Å². The van der Waals surface area contributed by atoms with Gasteiger partial charge in [-0.2, -0.15) is 0 Å². The van der Waals surface area contributed by atoms with Crippen LogP contribution in [-0.4, -0.2) is 39.4 Å². The summed E-state index contributed by atoms with van der Waals surface area (Å²) in [6.07, 6.45) is 1.55. The number of likely N-dealkylation sites (tertiary alicyclic amines) is 1. The molecule has 1 saturated heterocycles. The van der Waals surface area contributed by atoms with Gasteiger partial charge in [-0.05, 0) is 56.2 Å². The van der Waals surface area contributed by atoms with Crippen molar-refractivity contribution in [3.63, 3.8) is 0 Å². The zero-order chi connectivity index (χ0) is 20.4. The number of carbonyl (C=O) groups excluding carboxylic acids is 2. The van der Waals surface area contributed by atoms with Crippen molar-refractivity contribution in [3.8, 4) is 0 Å². The molecule has 0 unspecified atom stereocenters. The van der Waals surface area contributed by atoms with Gasteiger partial charge in [-0.25, -0.2) is 4.98 Å². The van der Waals surface area contributed by atoms with Crippen LogP contribution in [0.3, 0.4) is 0 Å². The molecule has 1 aliphatic heterocycles. The van der Waals surface area contributed by atoms with Gasteiger partial charge in [0.1, 0.15) is 0 Å². The molecule has 2 aromatic carbocycles. The van der Waals surface area contributed by atoms with E-state index in [-0.39, 0.29) is 17.7 Å². The molecule has 3 aromatic rings. The number of nitrogens with zero attached hydrogens (tertiary/aromatic N) is 3. The highest BCUT2D eigenvalue weighted by atomic mass is 35.5. The molecule has 1 fully saturated rings. The highest BCUT2D eigenvalue weighted by molar-refractivity contribution is 6.30. The highest BCUT2D eigenvalue weighted by Gasteiger charge is 2.29. The van der Waals surface area contributed by atoms with Crippen LogP contribution in [0.2, 0.25) is 5.02 Å². The lowest BCUT2D eigenvalue weighted by atomic mass is 9.96. The van der Waals surface area contributed by atoms with Gasteiger partial charge in [0.2, 0.25) is 11.9 Å². The Bertz CT molecular complexity index is 1040. The lowest BCUT2D eigenvalue weighted by Gasteiger charge is -2.32. The first-order chi connectivity index (χ1) is 14.1. The van der Waals surface area contributed by atoms with Crippen molar-refractivity contribution < 1.29 is 9.59 Å². The Kier molecular flexibility index (Phi) is 5.53. The van der Waals surface area contributed by atoms with Crippen LogP contribution in [0.15, 0.2) is 48.5 Å². The molecular formula is C22H23ClN4O2. The Morgan fingerprint density at radius 1 is 1.17 bits per heavy atom. The van der Waals surface area contributed by atoms with Gasteiger partial charge in [0, 0.05) is 30.2 Å². The first kappa shape index (κ1) is 19.5. The van der Waals surface area contributed by atoms with Crippen molar-refractivity contribution in [3.05, 3.63) is 59.1 Å². The van der Waals surface area contributed by atoms with E-state index in [4.69, 9.17) is 11.6 Å². The Balaban J connectivity index is 1.48. The average molecular weight is 411 g/mol. The number of fused-ring (bicyclic) bond motifs is 1. The van der Waals surface area contributed by atoms with Crippen LogP contribution in [0.5, 0.6) is 0 Å². The molecule has 2 heterocycles. The molecule has 1 aromatic heterocycles. The number of anilines is 1. The Morgan fingerprint density at radius 3 is 2.69 bits per heavy atom. The van der Waals surface area contributed by atoms with Crippen LogP contribution >= 0.6 is 11.6 Å². The molecule has 1 aliphatic rings. The fraction of sp³-hybridized carbons (Fsp3) is 0.318. The van der Waals surface area contributed by atoms with E-state index in [1.165, 1.54) is 0 Å². The van der Waals surface area contributed by atoms with Gasteiger partial charge >= 0.3 is 0 Å². The summed E-state index contributed by atoms with van der Waals surface area (Å²) in [5, 5.41) is 3.58. The monoisotopic (exact) mass is 410 g/mol. The fourth-order valence-electron chi connectivity index (χ4n) is 3.85. The van der Waals surface area contributed by atoms with E-state index in [2.05, 4.69) is 10.3 Å². The Hall–Kier alpha value is -2.86. The summed E-state index contributed by atoms with van der Waals surface area (Å²) in [6, 6.07) is 14.7. The summed E-state index contributed by atoms with van der Waals surface area (Å²) in [6.45, 7) is 3.79. The summed E-state index contributed by atoms with van der Waals surface area (Å²) < 4.78 is 1.99. The third-order valence-corrected chi connectivity index (χ3v) is 5.63. The molecule has 1 N–H and O–H groups in total. The Morgan fingerprint density at radius 2 is 1.93 bits per heavy atom. The number of halogens is 1. The van der Waals surface area contributed by atoms with Gasteiger partial charge in [-0.1, -0.05) is 23.7 Å². The zero-order valence-corrected chi connectivity index (χ0v) is 17.0. The summed E-state index contributed by atoms with van der Waals surface area (Å²) in [4.78, 5) is 32.0. The SMILES string of the molecule is CCn1c(NC(=O)[C@H]2CCCN(C(=O)c3ccc(Cl)cc3)C2)nc2ccccc21. The molecule has 7 heteroatoms. The van der Waals surface area contributed by atoms with Crippen LogP contribution in [-0.2, 0) is 11.3 Å². The quantitative estimate of drug-likeness (QED) is 0.700. The maximum Gasteiger partial charge on any atom is 0.253 e. The number of aromatic nitrogens is 2. The van der Waals surface area contributed by atoms with Gasteiger partial charge in [0.25, 0.3) is 5.91 Å². The average Bonchev–Trinajstić information content (AvgIpc) is 3.10. The Labute approximate surface area is 174 Å². The number of piperidine rings is 1. The van der Waals surface area contributed by atoms with E-state index >= 15 is 0 Å². The van der Waals surface area contributed by atoms with Gasteiger partial charge in [0.05, 0.1) is 17.0 Å². The van der Waals surface area contributed by atoms with Crippen molar-refractivity contribution in [1.82, 2.24) is 14.5 Å². The van der Waals surface area contributed by atoms with Crippen molar-refractivity contribution in [2.75, 3.05) is 18.4 Å². The number of aryl methyl sites for hydroxylation is 1. The summed E-state index contributed by atoms with van der Waals surface area (Å²) in [5.74, 6) is 0.133. The molecule has 1 atom stereocenters. The topological polar surface area (TPSA) is 67.2 Å². The van der Waals surface area contributed by atoms with E-state index in [1.54, 1.807) is 29.2 Å². The fourth-order valence-corrected chi connectivity index (χ4v) is 3.98.